The molecule has 0 spiro atoms. The molecule has 0 atom stereocenters. The molecule has 0 unspecified atom stereocenters. The third-order valence-electron chi connectivity index (χ3n) is 3.38. The van der Waals surface area contributed by atoms with E-state index in [-0.39, 0.29) is 0 Å². The Morgan fingerprint density at radius 1 is 1.00 bits per heavy atom. The summed E-state index contributed by atoms with van der Waals surface area (Å²) in [4.78, 5) is 2.51. The van der Waals surface area contributed by atoms with Crippen molar-refractivity contribution in [1.29, 1.82) is 0 Å². The maximum Gasteiger partial charge on any atom is 0.119 e. The molecular weight excluding hydrogens is 248 g/mol. The molecule has 3 heteroatoms. The molecule has 0 bridgehead atoms. The minimum atomic E-state index is 0.609. The lowest BCUT2D eigenvalue weighted by Crippen LogP contribution is -2.41. The van der Waals surface area contributed by atoms with Crippen molar-refractivity contribution in [2.45, 2.75) is 46.2 Å². The summed E-state index contributed by atoms with van der Waals surface area (Å²) in [5.74, 6) is 0.957. The third kappa shape index (κ3) is 6.92. The number of para-hydroxylation sites is 1. The molecule has 0 saturated carbocycles. The quantitative estimate of drug-likeness (QED) is 0.665. The van der Waals surface area contributed by atoms with Crippen LogP contribution in [-0.2, 0) is 0 Å². The molecule has 0 aromatic heterocycles. The molecule has 1 N–H and O–H groups in total. The van der Waals surface area contributed by atoms with Crippen LogP contribution in [0.2, 0.25) is 0 Å². The van der Waals surface area contributed by atoms with E-state index in [2.05, 4.69) is 37.9 Å². The average Bonchev–Trinajstić information content (AvgIpc) is 2.42. The topological polar surface area (TPSA) is 24.5 Å². The minimum Gasteiger partial charge on any atom is -0.494 e. The summed E-state index contributed by atoms with van der Waals surface area (Å²) in [5.41, 5.74) is 0. The van der Waals surface area contributed by atoms with Gasteiger partial charge in [-0.3, -0.25) is 4.90 Å². The number of nitrogens with zero attached hydrogens (tertiary/aromatic N) is 1. The molecule has 20 heavy (non-hydrogen) atoms. The minimum absolute atomic E-state index is 0.609. The molecule has 1 aromatic carbocycles. The second-order valence-electron chi connectivity index (χ2n) is 5.69. The maximum atomic E-state index is 5.66. The van der Waals surface area contributed by atoms with Crippen LogP contribution in [0.15, 0.2) is 30.3 Å². The van der Waals surface area contributed by atoms with Gasteiger partial charge in [0.1, 0.15) is 5.75 Å². The van der Waals surface area contributed by atoms with E-state index in [4.69, 9.17) is 4.74 Å². The highest BCUT2D eigenvalue weighted by atomic mass is 16.5. The SMILES string of the molecule is CC(C)N(CCNCCCOc1ccccc1)C(C)C. The summed E-state index contributed by atoms with van der Waals surface area (Å²) in [6, 6.07) is 11.2. The predicted octanol–water partition coefficient (Wildman–Crippen LogP) is 3.16. The zero-order valence-electron chi connectivity index (χ0n) is 13.4. The van der Waals surface area contributed by atoms with Crippen molar-refractivity contribution in [1.82, 2.24) is 10.2 Å². The number of benzene rings is 1. The molecule has 1 rings (SSSR count). The molecule has 0 heterocycles. The zero-order chi connectivity index (χ0) is 14.8. The van der Waals surface area contributed by atoms with Crippen molar-refractivity contribution < 1.29 is 4.74 Å². The fourth-order valence-electron chi connectivity index (χ4n) is 2.35. The fraction of sp³-hybridized carbons (Fsp3) is 0.647. The van der Waals surface area contributed by atoms with Crippen molar-refractivity contribution in [3.05, 3.63) is 30.3 Å². The number of ether oxygens (including phenoxy) is 1. The lowest BCUT2D eigenvalue weighted by molar-refractivity contribution is 0.175. The molecular formula is C17H30N2O. The Labute approximate surface area is 124 Å². The van der Waals surface area contributed by atoms with Crippen LogP contribution in [0.25, 0.3) is 0 Å². The highest BCUT2D eigenvalue weighted by Gasteiger charge is 2.11. The van der Waals surface area contributed by atoms with E-state index >= 15 is 0 Å². The predicted molar refractivity (Wildman–Crippen MR) is 86.4 cm³/mol. The van der Waals surface area contributed by atoms with E-state index < -0.39 is 0 Å². The lowest BCUT2D eigenvalue weighted by Gasteiger charge is -2.30. The summed E-state index contributed by atoms with van der Waals surface area (Å²) < 4.78 is 5.66. The van der Waals surface area contributed by atoms with Crippen LogP contribution >= 0.6 is 0 Å². The summed E-state index contributed by atoms with van der Waals surface area (Å²) in [6.45, 7) is 13.0. The van der Waals surface area contributed by atoms with Gasteiger partial charge in [-0.15, -0.1) is 0 Å². The van der Waals surface area contributed by atoms with Gasteiger partial charge >= 0.3 is 0 Å². The molecule has 3 nitrogen and oxygen atoms in total. The molecule has 0 radical (unpaired) electrons. The highest BCUT2D eigenvalue weighted by molar-refractivity contribution is 5.20. The first-order valence-electron chi connectivity index (χ1n) is 7.75. The second kappa shape index (κ2) is 9.78. The van der Waals surface area contributed by atoms with Gasteiger partial charge < -0.3 is 10.1 Å². The van der Waals surface area contributed by atoms with Gasteiger partial charge in [0.15, 0.2) is 0 Å². The first kappa shape index (κ1) is 17.0. The van der Waals surface area contributed by atoms with Crippen molar-refractivity contribution in [3.8, 4) is 5.75 Å². The zero-order valence-corrected chi connectivity index (χ0v) is 13.4. The fourth-order valence-corrected chi connectivity index (χ4v) is 2.35. The summed E-state index contributed by atoms with van der Waals surface area (Å²) in [5, 5.41) is 3.49. The number of hydrogen-bond acceptors (Lipinski definition) is 3. The largest absolute Gasteiger partial charge is 0.494 e. The van der Waals surface area contributed by atoms with Gasteiger partial charge in [0, 0.05) is 25.2 Å². The van der Waals surface area contributed by atoms with Crippen LogP contribution < -0.4 is 10.1 Å². The van der Waals surface area contributed by atoms with Crippen LogP contribution in [0.5, 0.6) is 5.75 Å². The van der Waals surface area contributed by atoms with Crippen LogP contribution in [0.4, 0.5) is 0 Å². The van der Waals surface area contributed by atoms with E-state index in [1.165, 1.54) is 0 Å². The molecule has 0 amide bonds. The number of rotatable bonds is 10. The summed E-state index contributed by atoms with van der Waals surface area (Å²) in [7, 11) is 0. The van der Waals surface area contributed by atoms with Crippen LogP contribution in [0.1, 0.15) is 34.1 Å². The summed E-state index contributed by atoms with van der Waals surface area (Å²) in [6.07, 6.45) is 1.04. The van der Waals surface area contributed by atoms with E-state index in [1.54, 1.807) is 0 Å². The second-order valence-corrected chi connectivity index (χ2v) is 5.69. The Morgan fingerprint density at radius 3 is 2.25 bits per heavy atom. The lowest BCUT2D eigenvalue weighted by atomic mass is 10.2. The van der Waals surface area contributed by atoms with Gasteiger partial charge in [-0.2, -0.15) is 0 Å². The molecule has 0 saturated heterocycles. The van der Waals surface area contributed by atoms with E-state index in [0.29, 0.717) is 12.1 Å². The number of hydrogen-bond donors (Lipinski definition) is 1. The van der Waals surface area contributed by atoms with Gasteiger partial charge in [-0.1, -0.05) is 18.2 Å². The Kier molecular flexibility index (Phi) is 8.31. The van der Waals surface area contributed by atoms with Gasteiger partial charge in [-0.05, 0) is 52.8 Å². The van der Waals surface area contributed by atoms with Crippen LogP contribution in [0.3, 0.4) is 0 Å². The summed E-state index contributed by atoms with van der Waals surface area (Å²) >= 11 is 0. The molecule has 0 aliphatic carbocycles. The third-order valence-corrected chi connectivity index (χ3v) is 3.38. The Morgan fingerprint density at radius 2 is 1.65 bits per heavy atom. The maximum absolute atomic E-state index is 5.66. The Bertz CT molecular complexity index is 330. The van der Waals surface area contributed by atoms with Gasteiger partial charge in [0.2, 0.25) is 0 Å². The first-order valence-corrected chi connectivity index (χ1v) is 7.75. The van der Waals surface area contributed by atoms with Crippen molar-refractivity contribution in [3.63, 3.8) is 0 Å². The van der Waals surface area contributed by atoms with Crippen LogP contribution in [0, 0.1) is 0 Å². The molecule has 0 aliphatic heterocycles. The number of nitrogens with one attached hydrogen (secondary N) is 1. The van der Waals surface area contributed by atoms with Crippen molar-refractivity contribution >= 4 is 0 Å². The first-order chi connectivity index (χ1) is 9.61. The average molecular weight is 278 g/mol. The monoisotopic (exact) mass is 278 g/mol. The van der Waals surface area contributed by atoms with E-state index in [0.717, 1.165) is 38.4 Å². The molecule has 0 fully saturated rings. The molecule has 114 valence electrons. The smallest absolute Gasteiger partial charge is 0.119 e. The molecule has 0 aliphatic rings. The van der Waals surface area contributed by atoms with Gasteiger partial charge in [0.25, 0.3) is 0 Å². The highest BCUT2D eigenvalue weighted by Crippen LogP contribution is 2.08. The Balaban J connectivity index is 2.02. The van der Waals surface area contributed by atoms with Crippen molar-refractivity contribution in [2.75, 3.05) is 26.2 Å². The van der Waals surface area contributed by atoms with Crippen LogP contribution in [-0.4, -0.2) is 43.2 Å². The molecule has 1 aromatic rings. The van der Waals surface area contributed by atoms with E-state index in [9.17, 15) is 0 Å². The van der Waals surface area contributed by atoms with Gasteiger partial charge in [0.05, 0.1) is 6.61 Å². The standard InChI is InChI=1S/C17H30N2O/c1-15(2)19(16(3)4)13-12-18-11-8-14-20-17-9-6-5-7-10-17/h5-7,9-10,15-16,18H,8,11-14H2,1-4H3. The normalized spacial score (nSPS) is 11.6. The van der Waals surface area contributed by atoms with Gasteiger partial charge in [-0.25, -0.2) is 0 Å². The van der Waals surface area contributed by atoms with Crippen molar-refractivity contribution in [2.24, 2.45) is 0 Å². The Hall–Kier alpha value is -1.06. The van der Waals surface area contributed by atoms with E-state index in [1.807, 2.05) is 30.3 Å².